The quantitative estimate of drug-likeness (QED) is 0.790. The fraction of sp³-hybridized carbons (Fsp3) is 0.222. The van der Waals surface area contributed by atoms with Crippen LogP contribution in [0.1, 0.15) is 22.1 Å². The summed E-state index contributed by atoms with van der Waals surface area (Å²) in [4.78, 5) is 15.4. The predicted octanol–water partition coefficient (Wildman–Crippen LogP) is 0.682. The smallest absolute Gasteiger partial charge is 0.328 e. The standard InChI is InChI=1S/C9H10N4O3/c1-5-11-9(16-13-5)12-8(14)7-3-2-6(4-10)15-7/h2-3H,4,10H2,1H3,(H,11,12,13,14). The summed E-state index contributed by atoms with van der Waals surface area (Å²) in [6.45, 7) is 1.89. The van der Waals surface area contributed by atoms with Crippen molar-refractivity contribution < 1.29 is 13.7 Å². The summed E-state index contributed by atoms with van der Waals surface area (Å²) in [6, 6.07) is 3.20. The van der Waals surface area contributed by atoms with Gasteiger partial charge in [-0.2, -0.15) is 4.98 Å². The van der Waals surface area contributed by atoms with Gasteiger partial charge in [-0.3, -0.25) is 10.1 Å². The van der Waals surface area contributed by atoms with E-state index in [0.29, 0.717) is 11.6 Å². The van der Waals surface area contributed by atoms with E-state index in [1.54, 1.807) is 13.0 Å². The predicted molar refractivity (Wildman–Crippen MR) is 53.6 cm³/mol. The van der Waals surface area contributed by atoms with Crippen LogP contribution in [0.5, 0.6) is 0 Å². The Bertz CT molecular complexity index is 502. The molecular formula is C9H10N4O3. The maximum Gasteiger partial charge on any atom is 0.328 e. The Kier molecular flexibility index (Phi) is 2.69. The molecule has 0 fully saturated rings. The molecule has 0 aliphatic carbocycles. The highest BCUT2D eigenvalue weighted by atomic mass is 16.5. The Morgan fingerprint density at radius 1 is 1.56 bits per heavy atom. The molecule has 16 heavy (non-hydrogen) atoms. The van der Waals surface area contributed by atoms with Crippen molar-refractivity contribution >= 4 is 11.9 Å². The summed E-state index contributed by atoms with van der Waals surface area (Å²) in [7, 11) is 0. The third kappa shape index (κ3) is 2.09. The van der Waals surface area contributed by atoms with Crippen molar-refractivity contribution in [1.82, 2.24) is 10.1 Å². The van der Waals surface area contributed by atoms with Crippen molar-refractivity contribution in [1.29, 1.82) is 0 Å². The number of nitrogens with two attached hydrogens (primary N) is 1. The van der Waals surface area contributed by atoms with E-state index in [-0.39, 0.29) is 18.3 Å². The van der Waals surface area contributed by atoms with Crippen LogP contribution in [0.25, 0.3) is 0 Å². The zero-order valence-corrected chi connectivity index (χ0v) is 8.56. The lowest BCUT2D eigenvalue weighted by Crippen LogP contribution is -2.11. The molecule has 0 aliphatic rings. The molecule has 84 valence electrons. The van der Waals surface area contributed by atoms with Crippen molar-refractivity contribution in [3.05, 3.63) is 29.5 Å². The van der Waals surface area contributed by atoms with Gasteiger partial charge in [-0.15, -0.1) is 0 Å². The molecule has 0 spiro atoms. The molecule has 1 amide bonds. The van der Waals surface area contributed by atoms with Gasteiger partial charge in [0.2, 0.25) is 0 Å². The van der Waals surface area contributed by atoms with Crippen molar-refractivity contribution in [2.24, 2.45) is 5.73 Å². The number of anilines is 1. The molecule has 0 unspecified atom stereocenters. The Labute approximate surface area is 90.6 Å². The number of hydrogen-bond acceptors (Lipinski definition) is 6. The molecule has 0 aromatic carbocycles. The molecule has 2 rings (SSSR count). The minimum Gasteiger partial charge on any atom is -0.455 e. The highest BCUT2D eigenvalue weighted by Gasteiger charge is 2.13. The monoisotopic (exact) mass is 222 g/mol. The van der Waals surface area contributed by atoms with E-state index in [4.69, 9.17) is 14.7 Å². The molecule has 2 aromatic heterocycles. The van der Waals surface area contributed by atoms with Crippen molar-refractivity contribution in [2.75, 3.05) is 5.32 Å². The topological polar surface area (TPSA) is 107 Å². The summed E-state index contributed by atoms with van der Waals surface area (Å²) >= 11 is 0. The van der Waals surface area contributed by atoms with Crippen LogP contribution < -0.4 is 11.1 Å². The van der Waals surface area contributed by atoms with E-state index in [2.05, 4.69) is 15.5 Å². The third-order valence-electron chi connectivity index (χ3n) is 1.83. The van der Waals surface area contributed by atoms with Crippen molar-refractivity contribution in [3.8, 4) is 0 Å². The maximum absolute atomic E-state index is 11.6. The van der Waals surface area contributed by atoms with Gasteiger partial charge in [0.15, 0.2) is 11.6 Å². The highest BCUT2D eigenvalue weighted by Crippen LogP contribution is 2.10. The molecule has 0 bridgehead atoms. The SMILES string of the molecule is Cc1noc(NC(=O)c2ccc(CN)o2)n1. The second-order valence-corrected chi connectivity index (χ2v) is 3.07. The number of rotatable bonds is 3. The molecular weight excluding hydrogens is 212 g/mol. The van der Waals surface area contributed by atoms with Gasteiger partial charge in [0, 0.05) is 0 Å². The number of hydrogen-bond donors (Lipinski definition) is 2. The first kappa shape index (κ1) is 10.4. The molecule has 0 radical (unpaired) electrons. The first-order valence-electron chi connectivity index (χ1n) is 4.59. The van der Waals surface area contributed by atoms with Crippen LogP contribution in [0, 0.1) is 6.92 Å². The lowest BCUT2D eigenvalue weighted by atomic mass is 10.4. The van der Waals surface area contributed by atoms with Gasteiger partial charge in [-0.05, 0) is 19.1 Å². The molecule has 7 heteroatoms. The van der Waals surface area contributed by atoms with Crippen LogP contribution in [0.4, 0.5) is 6.01 Å². The van der Waals surface area contributed by atoms with Gasteiger partial charge in [0.1, 0.15) is 5.76 Å². The van der Waals surface area contributed by atoms with Gasteiger partial charge in [0.25, 0.3) is 5.91 Å². The Morgan fingerprint density at radius 2 is 2.38 bits per heavy atom. The zero-order valence-electron chi connectivity index (χ0n) is 8.56. The number of furan rings is 1. The van der Waals surface area contributed by atoms with Crippen LogP contribution in [0.3, 0.4) is 0 Å². The molecule has 0 aliphatic heterocycles. The highest BCUT2D eigenvalue weighted by molar-refractivity contribution is 6.00. The lowest BCUT2D eigenvalue weighted by Gasteiger charge is -1.95. The zero-order chi connectivity index (χ0) is 11.5. The summed E-state index contributed by atoms with van der Waals surface area (Å²) in [6.07, 6.45) is 0. The van der Waals surface area contributed by atoms with E-state index in [9.17, 15) is 4.79 Å². The molecule has 0 atom stereocenters. The van der Waals surface area contributed by atoms with E-state index in [0.717, 1.165) is 0 Å². The number of carbonyl (C=O) groups excluding carboxylic acids is 1. The Morgan fingerprint density at radius 3 is 2.94 bits per heavy atom. The average molecular weight is 222 g/mol. The number of amides is 1. The lowest BCUT2D eigenvalue weighted by molar-refractivity contribution is 0.0991. The van der Waals surface area contributed by atoms with Crippen LogP contribution in [-0.4, -0.2) is 16.0 Å². The number of carbonyl (C=O) groups is 1. The molecule has 2 heterocycles. The van der Waals surface area contributed by atoms with Gasteiger partial charge < -0.3 is 14.7 Å². The minimum absolute atomic E-state index is 0.0354. The van der Waals surface area contributed by atoms with Crippen LogP contribution >= 0.6 is 0 Å². The van der Waals surface area contributed by atoms with Crippen LogP contribution in [-0.2, 0) is 6.54 Å². The molecule has 2 aromatic rings. The summed E-state index contributed by atoms with van der Waals surface area (Å²) in [5.41, 5.74) is 5.35. The maximum atomic E-state index is 11.6. The number of aromatic nitrogens is 2. The minimum atomic E-state index is -0.455. The molecule has 3 N–H and O–H groups in total. The fourth-order valence-electron chi connectivity index (χ4n) is 1.12. The van der Waals surface area contributed by atoms with Gasteiger partial charge >= 0.3 is 6.01 Å². The van der Waals surface area contributed by atoms with E-state index < -0.39 is 5.91 Å². The van der Waals surface area contributed by atoms with Crippen molar-refractivity contribution in [3.63, 3.8) is 0 Å². The van der Waals surface area contributed by atoms with E-state index >= 15 is 0 Å². The average Bonchev–Trinajstić information content (AvgIpc) is 2.87. The summed E-state index contributed by atoms with van der Waals surface area (Å²) in [5, 5.41) is 5.94. The Hall–Kier alpha value is -2.15. The Balaban J connectivity index is 2.08. The second kappa shape index (κ2) is 4.15. The summed E-state index contributed by atoms with van der Waals surface area (Å²) in [5.74, 6) is 0.670. The van der Waals surface area contributed by atoms with Crippen LogP contribution in [0.2, 0.25) is 0 Å². The van der Waals surface area contributed by atoms with Gasteiger partial charge in [0.05, 0.1) is 6.54 Å². The normalized spacial score (nSPS) is 10.4. The number of nitrogens with one attached hydrogen (secondary N) is 1. The van der Waals surface area contributed by atoms with Crippen LogP contribution in [0.15, 0.2) is 21.1 Å². The van der Waals surface area contributed by atoms with E-state index in [1.165, 1.54) is 6.07 Å². The first-order valence-corrected chi connectivity index (χ1v) is 4.59. The van der Waals surface area contributed by atoms with E-state index in [1.807, 2.05) is 0 Å². The van der Waals surface area contributed by atoms with Gasteiger partial charge in [-0.25, -0.2) is 0 Å². The molecule has 0 saturated heterocycles. The number of nitrogens with zero attached hydrogens (tertiary/aromatic N) is 2. The first-order chi connectivity index (χ1) is 7.69. The van der Waals surface area contributed by atoms with Gasteiger partial charge in [-0.1, -0.05) is 5.16 Å². The molecule has 0 saturated carbocycles. The van der Waals surface area contributed by atoms with Crippen molar-refractivity contribution in [2.45, 2.75) is 13.5 Å². The third-order valence-corrected chi connectivity index (χ3v) is 1.83. The molecule has 7 nitrogen and oxygen atoms in total. The summed E-state index contributed by atoms with van der Waals surface area (Å²) < 4.78 is 9.88. The number of aryl methyl sites for hydroxylation is 1. The second-order valence-electron chi connectivity index (χ2n) is 3.07. The fourth-order valence-corrected chi connectivity index (χ4v) is 1.12. The largest absolute Gasteiger partial charge is 0.455 e.